The zero-order valence-electron chi connectivity index (χ0n) is 13.4. The molecule has 4 rings (SSSR count). The van der Waals surface area contributed by atoms with Crippen molar-refractivity contribution in [2.24, 2.45) is 5.41 Å². The lowest BCUT2D eigenvalue weighted by molar-refractivity contribution is 0.233. The first kappa shape index (κ1) is 14.0. The Morgan fingerprint density at radius 1 is 1.36 bits per heavy atom. The molecule has 0 spiro atoms. The molecular weight excluding hydrogens is 276 g/mol. The molecule has 1 aliphatic heterocycles. The molecular formula is C17H24N4O. The average molecular weight is 300 g/mol. The molecule has 0 aromatic carbocycles. The zero-order valence-corrected chi connectivity index (χ0v) is 13.4. The number of fused-ring (bicyclic) bond motifs is 2. The molecule has 5 heteroatoms. The number of hydrogen-bond donors (Lipinski definition) is 1. The summed E-state index contributed by atoms with van der Waals surface area (Å²) >= 11 is 0. The lowest BCUT2D eigenvalue weighted by Crippen LogP contribution is -2.33. The maximum Gasteiger partial charge on any atom is 0.147 e. The van der Waals surface area contributed by atoms with Crippen LogP contribution in [0.5, 0.6) is 0 Å². The van der Waals surface area contributed by atoms with E-state index in [0.717, 1.165) is 49.8 Å². The second kappa shape index (κ2) is 5.23. The third-order valence-electron chi connectivity index (χ3n) is 4.99. The summed E-state index contributed by atoms with van der Waals surface area (Å²) in [6, 6.07) is 2.45. The van der Waals surface area contributed by atoms with Crippen LogP contribution in [0.15, 0.2) is 16.7 Å². The number of aryl methyl sites for hydroxylation is 1. The van der Waals surface area contributed by atoms with Gasteiger partial charge in [-0.2, -0.15) is 0 Å². The minimum atomic E-state index is 0.271. The van der Waals surface area contributed by atoms with Crippen LogP contribution >= 0.6 is 0 Å². The quantitative estimate of drug-likeness (QED) is 0.946. The standard InChI is InChI=1S/C17H24N4O/c1-17(2)9-13(12-6-8-22-14(12)10-17)18-11-16-20-19-15-5-3-4-7-21(15)16/h6,8,13,18H,3-5,7,9-11H2,1-2H3/t13-/m1/s1. The van der Waals surface area contributed by atoms with Crippen molar-refractivity contribution in [3.8, 4) is 0 Å². The fourth-order valence-corrected chi connectivity index (χ4v) is 3.87. The molecule has 1 N–H and O–H groups in total. The van der Waals surface area contributed by atoms with Gasteiger partial charge in [0.25, 0.3) is 0 Å². The molecule has 2 aliphatic rings. The van der Waals surface area contributed by atoms with Crippen molar-refractivity contribution in [3.05, 3.63) is 35.3 Å². The van der Waals surface area contributed by atoms with E-state index in [-0.39, 0.29) is 5.41 Å². The first-order valence-electron chi connectivity index (χ1n) is 8.33. The molecule has 3 heterocycles. The van der Waals surface area contributed by atoms with Crippen LogP contribution in [0.2, 0.25) is 0 Å². The molecule has 0 amide bonds. The van der Waals surface area contributed by atoms with Crippen LogP contribution in [-0.4, -0.2) is 14.8 Å². The topological polar surface area (TPSA) is 55.9 Å². The summed E-state index contributed by atoms with van der Waals surface area (Å²) in [5.74, 6) is 3.36. The van der Waals surface area contributed by atoms with Crippen LogP contribution in [0.1, 0.15) is 62.1 Å². The van der Waals surface area contributed by atoms with Gasteiger partial charge in [-0.05, 0) is 30.7 Å². The van der Waals surface area contributed by atoms with E-state index in [1.54, 1.807) is 0 Å². The maximum atomic E-state index is 5.68. The Balaban J connectivity index is 1.51. The molecule has 0 fully saturated rings. The number of rotatable bonds is 3. The maximum absolute atomic E-state index is 5.68. The highest BCUT2D eigenvalue weighted by molar-refractivity contribution is 5.26. The number of nitrogens with zero attached hydrogens (tertiary/aromatic N) is 3. The first-order chi connectivity index (χ1) is 10.6. The fraction of sp³-hybridized carbons (Fsp3) is 0.647. The van der Waals surface area contributed by atoms with Crippen molar-refractivity contribution in [3.63, 3.8) is 0 Å². The molecule has 0 unspecified atom stereocenters. The van der Waals surface area contributed by atoms with E-state index < -0.39 is 0 Å². The van der Waals surface area contributed by atoms with Crippen LogP contribution < -0.4 is 5.32 Å². The van der Waals surface area contributed by atoms with Crippen LogP contribution in [0.3, 0.4) is 0 Å². The molecule has 5 nitrogen and oxygen atoms in total. The Morgan fingerprint density at radius 2 is 2.27 bits per heavy atom. The normalized spacial score (nSPS) is 23.1. The van der Waals surface area contributed by atoms with E-state index in [9.17, 15) is 0 Å². The second-order valence-electron chi connectivity index (χ2n) is 7.42. The van der Waals surface area contributed by atoms with Gasteiger partial charge in [0, 0.05) is 31.0 Å². The van der Waals surface area contributed by atoms with Crippen molar-refractivity contribution < 1.29 is 4.42 Å². The van der Waals surface area contributed by atoms with E-state index in [1.807, 2.05) is 6.26 Å². The molecule has 0 bridgehead atoms. The van der Waals surface area contributed by atoms with Crippen molar-refractivity contribution in [1.29, 1.82) is 0 Å². The van der Waals surface area contributed by atoms with Gasteiger partial charge in [0.15, 0.2) is 0 Å². The van der Waals surface area contributed by atoms with Gasteiger partial charge in [0.1, 0.15) is 17.4 Å². The lowest BCUT2D eigenvalue weighted by atomic mass is 9.75. The smallest absolute Gasteiger partial charge is 0.147 e. The number of furan rings is 1. The third-order valence-corrected chi connectivity index (χ3v) is 4.99. The molecule has 1 atom stereocenters. The summed E-state index contributed by atoms with van der Waals surface area (Å²) in [5.41, 5.74) is 1.59. The van der Waals surface area contributed by atoms with E-state index in [0.29, 0.717) is 6.04 Å². The van der Waals surface area contributed by atoms with Gasteiger partial charge in [-0.1, -0.05) is 13.8 Å². The summed E-state index contributed by atoms with van der Waals surface area (Å²) in [6.07, 6.45) is 7.50. The highest BCUT2D eigenvalue weighted by Gasteiger charge is 2.34. The third kappa shape index (κ3) is 2.47. The molecule has 0 radical (unpaired) electrons. The van der Waals surface area contributed by atoms with Gasteiger partial charge < -0.3 is 14.3 Å². The highest BCUT2D eigenvalue weighted by atomic mass is 16.3. The van der Waals surface area contributed by atoms with Crippen LogP contribution in [0, 0.1) is 5.41 Å². The van der Waals surface area contributed by atoms with Crippen molar-refractivity contribution in [1.82, 2.24) is 20.1 Å². The van der Waals surface area contributed by atoms with Gasteiger partial charge in [0.2, 0.25) is 0 Å². The summed E-state index contributed by atoms with van der Waals surface area (Å²) in [5, 5.41) is 12.4. The Kier molecular flexibility index (Phi) is 3.33. The van der Waals surface area contributed by atoms with Gasteiger partial charge in [0.05, 0.1) is 12.8 Å². The zero-order chi connectivity index (χ0) is 15.2. The summed E-state index contributed by atoms with van der Waals surface area (Å²) in [7, 11) is 0. The largest absolute Gasteiger partial charge is 0.469 e. The predicted octanol–water partition coefficient (Wildman–Crippen LogP) is 3.01. The van der Waals surface area contributed by atoms with Crippen LogP contribution in [-0.2, 0) is 25.9 Å². The number of nitrogens with one attached hydrogen (secondary N) is 1. The minimum Gasteiger partial charge on any atom is -0.469 e. The lowest BCUT2D eigenvalue weighted by Gasteiger charge is -2.34. The van der Waals surface area contributed by atoms with Gasteiger partial charge >= 0.3 is 0 Å². The van der Waals surface area contributed by atoms with Gasteiger partial charge in [-0.25, -0.2) is 0 Å². The van der Waals surface area contributed by atoms with Crippen molar-refractivity contribution in [2.45, 2.75) is 65.1 Å². The fourth-order valence-electron chi connectivity index (χ4n) is 3.87. The number of hydrogen-bond acceptors (Lipinski definition) is 4. The van der Waals surface area contributed by atoms with Crippen molar-refractivity contribution >= 4 is 0 Å². The van der Waals surface area contributed by atoms with E-state index in [4.69, 9.17) is 4.42 Å². The first-order valence-corrected chi connectivity index (χ1v) is 8.33. The minimum absolute atomic E-state index is 0.271. The molecule has 22 heavy (non-hydrogen) atoms. The number of aromatic nitrogens is 3. The van der Waals surface area contributed by atoms with E-state index >= 15 is 0 Å². The SMILES string of the molecule is CC1(C)Cc2occc2[C@H](NCc2nnc3n2CCCC3)C1. The molecule has 2 aromatic heterocycles. The average Bonchev–Trinajstić information content (AvgIpc) is 3.10. The monoisotopic (exact) mass is 300 g/mol. The summed E-state index contributed by atoms with van der Waals surface area (Å²) < 4.78 is 7.97. The molecule has 0 saturated heterocycles. The Bertz CT molecular complexity index is 670. The Hall–Kier alpha value is -1.62. The van der Waals surface area contributed by atoms with Crippen molar-refractivity contribution in [2.75, 3.05) is 0 Å². The van der Waals surface area contributed by atoms with Crippen LogP contribution in [0.4, 0.5) is 0 Å². The predicted molar refractivity (Wildman–Crippen MR) is 83.4 cm³/mol. The second-order valence-corrected chi connectivity index (χ2v) is 7.42. The molecule has 0 saturated carbocycles. The van der Waals surface area contributed by atoms with Crippen LogP contribution in [0.25, 0.3) is 0 Å². The Labute approximate surface area is 131 Å². The molecule has 1 aliphatic carbocycles. The summed E-state index contributed by atoms with van der Waals surface area (Å²) in [6.45, 7) is 6.46. The van der Waals surface area contributed by atoms with Gasteiger partial charge in [-0.3, -0.25) is 0 Å². The molecule has 2 aromatic rings. The van der Waals surface area contributed by atoms with Gasteiger partial charge in [-0.15, -0.1) is 10.2 Å². The highest BCUT2D eigenvalue weighted by Crippen LogP contribution is 2.41. The van der Waals surface area contributed by atoms with E-state index in [2.05, 4.69) is 40.0 Å². The van der Waals surface area contributed by atoms with E-state index in [1.165, 1.54) is 18.4 Å². The Morgan fingerprint density at radius 3 is 3.18 bits per heavy atom. The molecule has 118 valence electrons. The summed E-state index contributed by atoms with van der Waals surface area (Å²) in [4.78, 5) is 0.